The molecule has 1 saturated heterocycles. The molecule has 14 nitrogen and oxygen atoms in total. The molecular formula is C36H52N8O6S. The first kappa shape index (κ1) is 41.0. The molecule has 4 rings (SSSR count). The van der Waals surface area contributed by atoms with Crippen molar-refractivity contribution in [2.45, 2.75) is 71.8 Å². The van der Waals surface area contributed by atoms with Crippen molar-refractivity contribution in [1.29, 1.82) is 0 Å². The molecule has 3 aromatic rings. The van der Waals surface area contributed by atoms with Crippen molar-refractivity contribution in [2.24, 2.45) is 0 Å². The topological polar surface area (TPSA) is 160 Å². The smallest absolute Gasteiger partial charge is 0.407 e. The number of carbonyl (C=O) groups excluding carboxylic acids is 3. The maximum atomic E-state index is 12.4. The molecular weight excluding hydrogens is 673 g/mol. The fourth-order valence-corrected chi connectivity index (χ4v) is 5.23. The maximum Gasteiger partial charge on any atom is 0.407 e. The molecule has 278 valence electrons. The summed E-state index contributed by atoms with van der Waals surface area (Å²) in [4.78, 5) is 54.4. The molecule has 0 spiro atoms. The first-order valence-electron chi connectivity index (χ1n) is 16.8. The highest BCUT2D eigenvalue weighted by Crippen LogP contribution is 2.24. The van der Waals surface area contributed by atoms with Crippen LogP contribution in [0.4, 0.5) is 22.2 Å². The Bertz CT molecular complexity index is 1590. The van der Waals surface area contributed by atoms with E-state index >= 15 is 0 Å². The molecule has 1 atom stereocenters. The first-order valence-corrected chi connectivity index (χ1v) is 16.8. The fourth-order valence-electron chi connectivity index (χ4n) is 5.23. The van der Waals surface area contributed by atoms with Crippen molar-refractivity contribution in [1.82, 2.24) is 30.1 Å². The van der Waals surface area contributed by atoms with Crippen LogP contribution in [0, 0.1) is 0 Å². The van der Waals surface area contributed by atoms with E-state index in [1.807, 2.05) is 45.0 Å². The number of nitrogens with zero attached hydrogens (tertiary/aromatic N) is 5. The number of methoxy groups -OCH3 is 1. The van der Waals surface area contributed by atoms with Gasteiger partial charge >= 0.3 is 18.0 Å². The van der Waals surface area contributed by atoms with Crippen molar-refractivity contribution < 1.29 is 28.6 Å². The Kier molecular flexibility index (Phi) is 15.0. The zero-order chi connectivity index (χ0) is 36.3. The molecule has 1 aromatic carbocycles. The summed E-state index contributed by atoms with van der Waals surface area (Å²) in [7, 11) is 1.30. The lowest BCUT2D eigenvalue weighted by Gasteiger charge is -2.34. The van der Waals surface area contributed by atoms with Crippen molar-refractivity contribution in [3.63, 3.8) is 0 Å². The molecule has 1 fully saturated rings. The van der Waals surface area contributed by atoms with Gasteiger partial charge in [-0.05, 0) is 83.4 Å². The van der Waals surface area contributed by atoms with Crippen LogP contribution in [0.15, 0.2) is 55.0 Å². The summed E-state index contributed by atoms with van der Waals surface area (Å²) < 4.78 is 15.6. The van der Waals surface area contributed by atoms with Crippen LogP contribution in [0.1, 0.15) is 53.5 Å². The van der Waals surface area contributed by atoms with Crippen molar-refractivity contribution in [3.8, 4) is 11.1 Å². The van der Waals surface area contributed by atoms with Crippen LogP contribution in [-0.2, 0) is 30.3 Å². The van der Waals surface area contributed by atoms with Gasteiger partial charge < -0.3 is 30.2 Å². The monoisotopic (exact) mass is 724 g/mol. The molecule has 1 aliphatic heterocycles. The van der Waals surface area contributed by atoms with Gasteiger partial charge in [-0.1, -0.05) is 12.1 Å². The number of aromatic nitrogens is 3. The summed E-state index contributed by atoms with van der Waals surface area (Å²) in [5, 5.41) is 9.03. The second kappa shape index (κ2) is 18.7. The van der Waals surface area contributed by atoms with Gasteiger partial charge in [-0.15, -0.1) is 0 Å². The predicted molar refractivity (Wildman–Crippen MR) is 201 cm³/mol. The van der Waals surface area contributed by atoms with Crippen LogP contribution in [0.2, 0.25) is 0 Å². The SMILES string of the molecule is COC(=O)C(CCNC(=O)OC(C)(C)C)Nc1ncc(-c2ccnc(Nc3cccc(CN4CCN(CC(=O)OC(C)(C)C)CC4)c3)c2)cn1.S. The maximum absolute atomic E-state index is 12.4. The minimum atomic E-state index is -0.776. The highest BCUT2D eigenvalue weighted by molar-refractivity contribution is 7.59. The number of alkyl carbamates (subject to hydrolysis) is 1. The highest BCUT2D eigenvalue weighted by atomic mass is 32.1. The summed E-state index contributed by atoms with van der Waals surface area (Å²) in [6.45, 7) is 15.7. The highest BCUT2D eigenvalue weighted by Gasteiger charge is 2.24. The van der Waals surface area contributed by atoms with E-state index in [-0.39, 0.29) is 38.4 Å². The molecule has 0 aliphatic carbocycles. The quantitative estimate of drug-likeness (QED) is 0.164. The third-order valence-electron chi connectivity index (χ3n) is 7.48. The van der Waals surface area contributed by atoms with Gasteiger partial charge in [0.1, 0.15) is 23.1 Å². The normalized spacial score (nSPS) is 14.4. The van der Waals surface area contributed by atoms with E-state index in [2.05, 4.69) is 52.8 Å². The Morgan fingerprint density at radius 3 is 2.18 bits per heavy atom. The average molecular weight is 725 g/mol. The Hall–Kier alpha value is -4.47. The summed E-state index contributed by atoms with van der Waals surface area (Å²) in [5.74, 6) is 0.224. The third-order valence-corrected chi connectivity index (χ3v) is 7.48. The van der Waals surface area contributed by atoms with Crippen LogP contribution in [-0.4, -0.2) is 106 Å². The molecule has 3 heterocycles. The molecule has 1 amide bonds. The Morgan fingerprint density at radius 1 is 0.863 bits per heavy atom. The van der Waals surface area contributed by atoms with E-state index in [0.717, 1.165) is 49.5 Å². The molecule has 0 radical (unpaired) electrons. The molecule has 51 heavy (non-hydrogen) atoms. The number of ether oxygens (including phenoxy) is 3. The van der Waals surface area contributed by atoms with E-state index in [1.54, 1.807) is 39.4 Å². The van der Waals surface area contributed by atoms with Crippen LogP contribution in [0.25, 0.3) is 11.1 Å². The van der Waals surface area contributed by atoms with Crippen LogP contribution >= 0.6 is 13.5 Å². The number of rotatable bonds is 13. The number of benzene rings is 1. The van der Waals surface area contributed by atoms with Crippen molar-refractivity contribution in [3.05, 3.63) is 60.6 Å². The predicted octanol–water partition coefficient (Wildman–Crippen LogP) is 4.72. The van der Waals surface area contributed by atoms with Crippen LogP contribution < -0.4 is 16.0 Å². The molecule has 3 N–H and O–H groups in total. The summed E-state index contributed by atoms with van der Waals surface area (Å²) in [6, 6.07) is 11.3. The number of esters is 2. The number of carbonyl (C=O) groups is 3. The van der Waals surface area contributed by atoms with Crippen LogP contribution in [0.5, 0.6) is 0 Å². The number of anilines is 3. The number of nitrogens with one attached hydrogen (secondary N) is 3. The summed E-state index contributed by atoms with van der Waals surface area (Å²) >= 11 is 0. The molecule has 0 saturated carbocycles. The molecule has 2 aromatic heterocycles. The van der Waals surface area contributed by atoms with Crippen molar-refractivity contribution >= 4 is 49.0 Å². The minimum absolute atomic E-state index is 0. The van der Waals surface area contributed by atoms with Gasteiger partial charge in [0.25, 0.3) is 0 Å². The van der Waals surface area contributed by atoms with Crippen LogP contribution in [0.3, 0.4) is 0 Å². The standard InChI is InChI=1S/C36H50N8O6.H2S/c1-35(2,3)49-31(45)24-44-17-15-43(16-18-44)23-25-9-8-10-28(19-25)41-30-20-26(11-13-37-30)27-21-39-33(40-22-27)42-29(32(46)48-7)12-14-38-34(47)50-36(4,5)6;/h8-11,13,19-22,29H,12,14-18,23-24H2,1-7H3,(H,37,41)(H,38,47)(H,39,40,42);1H2. The Balaban J connectivity index is 0.00000702. The van der Waals surface area contributed by atoms with Gasteiger partial charge in [0.2, 0.25) is 5.95 Å². The van der Waals surface area contributed by atoms with E-state index in [4.69, 9.17) is 14.2 Å². The Labute approximate surface area is 307 Å². The number of amides is 1. The zero-order valence-electron chi connectivity index (χ0n) is 30.6. The number of piperazine rings is 1. The third kappa shape index (κ3) is 14.4. The van der Waals surface area contributed by atoms with Gasteiger partial charge in [0, 0.05) is 69.1 Å². The van der Waals surface area contributed by atoms with E-state index in [9.17, 15) is 14.4 Å². The lowest BCUT2D eigenvalue weighted by atomic mass is 10.1. The van der Waals surface area contributed by atoms with Gasteiger partial charge in [0.05, 0.1) is 13.7 Å². The first-order chi connectivity index (χ1) is 23.7. The van der Waals surface area contributed by atoms with Gasteiger partial charge in [-0.3, -0.25) is 14.6 Å². The number of hydrogen-bond acceptors (Lipinski definition) is 13. The molecule has 1 unspecified atom stereocenters. The second-order valence-corrected chi connectivity index (χ2v) is 14.1. The second-order valence-electron chi connectivity index (χ2n) is 14.1. The van der Waals surface area contributed by atoms with E-state index in [0.29, 0.717) is 12.4 Å². The van der Waals surface area contributed by atoms with Gasteiger partial charge in [-0.25, -0.2) is 24.5 Å². The number of pyridine rings is 1. The van der Waals surface area contributed by atoms with Gasteiger partial charge in [0.15, 0.2) is 0 Å². The van der Waals surface area contributed by atoms with Crippen molar-refractivity contribution in [2.75, 3.05) is 57.0 Å². The largest absolute Gasteiger partial charge is 0.467 e. The van der Waals surface area contributed by atoms with E-state index in [1.165, 1.54) is 12.7 Å². The molecule has 1 aliphatic rings. The lowest BCUT2D eigenvalue weighted by molar-refractivity contribution is -0.156. The van der Waals surface area contributed by atoms with E-state index < -0.39 is 29.3 Å². The molecule has 0 bridgehead atoms. The summed E-state index contributed by atoms with van der Waals surface area (Å²) in [5.41, 5.74) is 2.62. The number of hydrogen-bond donors (Lipinski definition) is 3. The lowest BCUT2D eigenvalue weighted by Crippen LogP contribution is -2.48. The zero-order valence-corrected chi connectivity index (χ0v) is 31.6. The van der Waals surface area contributed by atoms with Gasteiger partial charge in [-0.2, -0.15) is 13.5 Å². The molecule has 15 heteroatoms. The fraction of sp³-hybridized carbons (Fsp3) is 0.500. The summed E-state index contributed by atoms with van der Waals surface area (Å²) in [6.07, 6.45) is 4.72. The average Bonchev–Trinajstić information content (AvgIpc) is 3.04. The Morgan fingerprint density at radius 2 is 1.53 bits per heavy atom. The minimum Gasteiger partial charge on any atom is -0.467 e.